The molecule has 0 bridgehead atoms. The normalized spacial score (nSPS) is 11.2. The molecule has 0 radical (unpaired) electrons. The number of carbonyl (C=O) groups is 1. The van der Waals surface area contributed by atoms with Crippen molar-refractivity contribution in [3.8, 4) is 11.3 Å². The quantitative estimate of drug-likeness (QED) is 0.552. The lowest BCUT2D eigenvalue weighted by molar-refractivity contribution is 0.104. The molecule has 1 aromatic heterocycles. The number of hydrogen-bond donors (Lipinski definition) is 1. The van der Waals surface area contributed by atoms with Crippen LogP contribution in [0, 0.1) is 24.4 Å². The molecule has 25 heavy (non-hydrogen) atoms. The van der Waals surface area contributed by atoms with Gasteiger partial charge in [0.15, 0.2) is 17.4 Å². The van der Waals surface area contributed by atoms with E-state index in [0.29, 0.717) is 28.1 Å². The summed E-state index contributed by atoms with van der Waals surface area (Å²) in [4.78, 5) is 12.1. The molecule has 0 fully saturated rings. The van der Waals surface area contributed by atoms with Crippen LogP contribution in [0.15, 0.2) is 48.5 Å². The molecule has 0 amide bonds. The molecule has 0 spiro atoms. The highest BCUT2D eigenvalue weighted by Gasteiger charge is 2.08. The van der Waals surface area contributed by atoms with E-state index in [4.69, 9.17) is 0 Å². The van der Waals surface area contributed by atoms with Crippen molar-refractivity contribution in [2.75, 3.05) is 0 Å². The predicted molar refractivity (Wildman–Crippen MR) is 88.4 cm³/mol. The van der Waals surface area contributed by atoms with Gasteiger partial charge in [-0.1, -0.05) is 0 Å². The molecule has 0 saturated heterocycles. The fourth-order valence-corrected chi connectivity index (χ4v) is 2.28. The Bertz CT molecular complexity index is 977. The van der Waals surface area contributed by atoms with Crippen molar-refractivity contribution in [2.24, 2.45) is 0 Å². The van der Waals surface area contributed by atoms with E-state index in [1.165, 1.54) is 36.4 Å². The van der Waals surface area contributed by atoms with Gasteiger partial charge in [0, 0.05) is 11.1 Å². The minimum absolute atomic E-state index is 0.285. The van der Waals surface area contributed by atoms with E-state index < -0.39 is 11.6 Å². The minimum Gasteiger partial charge on any atom is -0.289 e. The number of nitrogens with zero attached hydrogens (tertiary/aromatic N) is 1. The fraction of sp³-hybridized carbons (Fsp3) is 0.0526. The number of aromatic nitrogens is 2. The molecule has 3 nitrogen and oxygen atoms in total. The molecule has 0 saturated carbocycles. The summed E-state index contributed by atoms with van der Waals surface area (Å²) in [5.74, 6) is -2.55. The van der Waals surface area contributed by atoms with Gasteiger partial charge in [-0.05, 0) is 67.1 Å². The Hall–Kier alpha value is -3.15. The van der Waals surface area contributed by atoms with Crippen molar-refractivity contribution in [1.29, 1.82) is 0 Å². The average molecular weight is 342 g/mol. The summed E-state index contributed by atoms with van der Waals surface area (Å²) in [6.45, 7) is 1.58. The zero-order chi connectivity index (χ0) is 18.0. The largest absolute Gasteiger partial charge is 0.289 e. The van der Waals surface area contributed by atoms with E-state index in [1.807, 2.05) is 0 Å². The highest BCUT2D eigenvalue weighted by atomic mass is 19.2. The molecule has 0 aliphatic heterocycles. The molecule has 2 aromatic carbocycles. The van der Waals surface area contributed by atoms with E-state index >= 15 is 0 Å². The third-order valence-electron chi connectivity index (χ3n) is 3.67. The summed E-state index contributed by atoms with van der Waals surface area (Å²) in [5.41, 5.74) is 2.11. The zero-order valence-corrected chi connectivity index (χ0v) is 13.2. The third kappa shape index (κ3) is 3.68. The smallest absolute Gasteiger partial charge is 0.185 e. The van der Waals surface area contributed by atoms with E-state index in [-0.39, 0.29) is 11.6 Å². The second-order valence-corrected chi connectivity index (χ2v) is 5.50. The zero-order valence-electron chi connectivity index (χ0n) is 13.2. The Morgan fingerprint density at radius 2 is 1.76 bits per heavy atom. The molecule has 3 rings (SSSR count). The van der Waals surface area contributed by atoms with Crippen molar-refractivity contribution >= 4 is 11.9 Å². The van der Waals surface area contributed by atoms with Gasteiger partial charge < -0.3 is 0 Å². The number of benzene rings is 2. The first-order valence-corrected chi connectivity index (χ1v) is 7.43. The van der Waals surface area contributed by atoms with Gasteiger partial charge in [0.25, 0.3) is 0 Å². The maximum absolute atomic E-state index is 13.3. The second-order valence-electron chi connectivity index (χ2n) is 5.50. The molecule has 0 unspecified atom stereocenters. The van der Waals surface area contributed by atoms with E-state index in [2.05, 4.69) is 10.2 Å². The van der Waals surface area contributed by atoms with Crippen LogP contribution in [0.4, 0.5) is 13.2 Å². The molecule has 1 heterocycles. The first-order chi connectivity index (χ1) is 11.9. The van der Waals surface area contributed by atoms with Gasteiger partial charge in [-0.2, -0.15) is 5.10 Å². The fourth-order valence-electron chi connectivity index (χ4n) is 2.28. The van der Waals surface area contributed by atoms with Gasteiger partial charge in [-0.15, -0.1) is 0 Å². The maximum atomic E-state index is 13.3. The van der Waals surface area contributed by atoms with Crippen LogP contribution >= 0.6 is 0 Å². The number of carbonyl (C=O) groups excluding carboxylic acids is 1. The van der Waals surface area contributed by atoms with Crippen LogP contribution < -0.4 is 0 Å². The van der Waals surface area contributed by atoms with E-state index in [9.17, 15) is 18.0 Å². The van der Waals surface area contributed by atoms with E-state index in [0.717, 1.165) is 12.1 Å². The first kappa shape index (κ1) is 16.7. The molecule has 0 atom stereocenters. The summed E-state index contributed by atoms with van der Waals surface area (Å²) in [5, 5.41) is 6.71. The molecule has 6 heteroatoms. The van der Waals surface area contributed by atoms with Crippen LogP contribution in [-0.2, 0) is 0 Å². The van der Waals surface area contributed by atoms with Crippen molar-refractivity contribution in [1.82, 2.24) is 10.2 Å². The molecule has 1 N–H and O–H groups in total. The summed E-state index contributed by atoms with van der Waals surface area (Å²) in [7, 11) is 0. The first-order valence-electron chi connectivity index (χ1n) is 7.43. The van der Waals surface area contributed by atoms with Crippen LogP contribution in [0.3, 0.4) is 0 Å². The number of aryl methyl sites for hydroxylation is 1. The van der Waals surface area contributed by atoms with Gasteiger partial charge in [0.1, 0.15) is 5.82 Å². The topological polar surface area (TPSA) is 45.8 Å². The number of allylic oxidation sites excluding steroid dienone is 1. The molecule has 126 valence electrons. The Morgan fingerprint density at radius 3 is 2.48 bits per heavy atom. The highest BCUT2D eigenvalue weighted by Crippen LogP contribution is 2.20. The highest BCUT2D eigenvalue weighted by molar-refractivity contribution is 6.06. The standard InChI is InChI=1S/C19H13F3N2O/c1-11-8-13(3-5-15(11)20)19(25)7-4-14-10-18(24-23-14)12-2-6-16(21)17(22)9-12/h2-10H,1H3,(H,23,24)/b7-4+. The molecule has 0 aliphatic carbocycles. The molecular formula is C19H13F3N2O. The average Bonchev–Trinajstić information content (AvgIpc) is 3.06. The summed E-state index contributed by atoms with van der Waals surface area (Å²) in [6, 6.07) is 9.21. The number of rotatable bonds is 4. The number of halogens is 3. The van der Waals surface area contributed by atoms with Crippen LogP contribution in [-0.4, -0.2) is 16.0 Å². The third-order valence-corrected chi connectivity index (χ3v) is 3.67. The predicted octanol–water partition coefficient (Wildman–Crippen LogP) is 4.70. The molecular weight excluding hydrogens is 329 g/mol. The van der Waals surface area contributed by atoms with Crippen LogP contribution in [0.25, 0.3) is 17.3 Å². The Balaban J connectivity index is 1.78. The molecule has 0 aliphatic rings. The van der Waals surface area contributed by atoms with Crippen molar-refractivity contribution in [2.45, 2.75) is 6.92 Å². The SMILES string of the molecule is Cc1cc(C(=O)/C=C/c2cc(-c3ccc(F)c(F)c3)n[nH]2)ccc1F. The van der Waals surface area contributed by atoms with Gasteiger partial charge >= 0.3 is 0 Å². The lowest BCUT2D eigenvalue weighted by atomic mass is 10.1. The summed E-state index contributed by atoms with van der Waals surface area (Å²) < 4.78 is 39.5. The minimum atomic E-state index is -0.959. The van der Waals surface area contributed by atoms with Gasteiger partial charge in [0.05, 0.1) is 11.4 Å². The number of aromatic amines is 1. The number of nitrogens with one attached hydrogen (secondary N) is 1. The van der Waals surface area contributed by atoms with Gasteiger partial charge in [-0.25, -0.2) is 13.2 Å². The summed E-state index contributed by atoms with van der Waals surface area (Å²) >= 11 is 0. The number of H-pyrrole nitrogens is 1. The Labute approximate surface area is 141 Å². The van der Waals surface area contributed by atoms with Gasteiger partial charge in [0.2, 0.25) is 0 Å². The number of ketones is 1. The lowest BCUT2D eigenvalue weighted by Crippen LogP contribution is -1.96. The van der Waals surface area contributed by atoms with Crippen LogP contribution in [0.1, 0.15) is 21.6 Å². The van der Waals surface area contributed by atoms with Crippen LogP contribution in [0.2, 0.25) is 0 Å². The van der Waals surface area contributed by atoms with E-state index in [1.54, 1.807) is 13.0 Å². The van der Waals surface area contributed by atoms with Gasteiger partial charge in [-0.3, -0.25) is 9.89 Å². The Kier molecular flexibility index (Phi) is 4.52. The van der Waals surface area contributed by atoms with Crippen molar-refractivity contribution in [3.63, 3.8) is 0 Å². The van der Waals surface area contributed by atoms with Crippen molar-refractivity contribution in [3.05, 3.63) is 82.8 Å². The maximum Gasteiger partial charge on any atom is 0.185 e. The number of hydrogen-bond acceptors (Lipinski definition) is 2. The Morgan fingerprint density at radius 1 is 1.00 bits per heavy atom. The lowest BCUT2D eigenvalue weighted by Gasteiger charge is -1.99. The molecule has 3 aromatic rings. The van der Waals surface area contributed by atoms with Crippen LogP contribution in [0.5, 0.6) is 0 Å². The monoisotopic (exact) mass is 342 g/mol. The second kappa shape index (κ2) is 6.76. The van der Waals surface area contributed by atoms with Crippen molar-refractivity contribution < 1.29 is 18.0 Å². The summed E-state index contributed by atoms with van der Waals surface area (Å²) in [6.07, 6.45) is 2.84.